The second-order valence-corrected chi connectivity index (χ2v) is 5.31. The first kappa shape index (κ1) is 13.4. The minimum atomic E-state index is -0.194. The van der Waals surface area contributed by atoms with Crippen LogP contribution in [0.3, 0.4) is 0 Å². The van der Waals surface area contributed by atoms with Crippen LogP contribution in [0.2, 0.25) is 0 Å². The zero-order valence-corrected chi connectivity index (χ0v) is 12.1. The van der Waals surface area contributed by atoms with Gasteiger partial charge in [-0.2, -0.15) is 5.10 Å². The summed E-state index contributed by atoms with van der Waals surface area (Å²) in [6.07, 6.45) is 0. The first-order valence-electron chi connectivity index (χ1n) is 7.00. The van der Waals surface area contributed by atoms with Gasteiger partial charge >= 0.3 is 0 Å². The Morgan fingerprint density at radius 1 is 1.10 bits per heavy atom. The Labute approximate surface area is 123 Å². The van der Waals surface area contributed by atoms with Crippen LogP contribution in [0.5, 0.6) is 0 Å². The van der Waals surface area contributed by atoms with Gasteiger partial charge in [0.25, 0.3) is 5.91 Å². The summed E-state index contributed by atoms with van der Waals surface area (Å²) in [7, 11) is 0. The van der Waals surface area contributed by atoms with Gasteiger partial charge in [0.1, 0.15) is 0 Å². The van der Waals surface area contributed by atoms with Crippen molar-refractivity contribution in [2.24, 2.45) is 0 Å². The van der Waals surface area contributed by atoms with E-state index >= 15 is 0 Å². The van der Waals surface area contributed by atoms with Gasteiger partial charge in [-0.3, -0.25) is 9.89 Å². The van der Waals surface area contributed by atoms with Crippen LogP contribution in [0.25, 0.3) is 10.9 Å². The monoisotopic (exact) mass is 279 g/mol. The normalized spacial score (nSPS) is 11.0. The first-order valence-corrected chi connectivity index (χ1v) is 7.00. The minimum Gasteiger partial charge on any atom is -0.320 e. The zero-order chi connectivity index (χ0) is 14.8. The molecule has 0 bridgehead atoms. The number of carbonyl (C=O) groups excluding carboxylic acids is 1. The summed E-state index contributed by atoms with van der Waals surface area (Å²) in [5.41, 5.74) is 3.24. The standard InChI is InChI=1S/C17H17N3O/c1-11(2)12-7-3-5-9-14(12)18-17(21)16-13-8-4-6-10-15(13)19-20-16/h3-11H,1-2H3,(H,18,21)(H,19,20). The molecule has 4 heteroatoms. The molecule has 0 fully saturated rings. The molecule has 3 aromatic rings. The Morgan fingerprint density at radius 2 is 1.81 bits per heavy atom. The Bertz CT molecular complexity index is 789. The Balaban J connectivity index is 1.94. The highest BCUT2D eigenvalue weighted by atomic mass is 16.1. The van der Waals surface area contributed by atoms with Gasteiger partial charge in [0.2, 0.25) is 0 Å². The van der Waals surface area contributed by atoms with Crippen LogP contribution >= 0.6 is 0 Å². The molecule has 0 unspecified atom stereocenters. The molecule has 0 aliphatic carbocycles. The van der Waals surface area contributed by atoms with Crippen LogP contribution in [0, 0.1) is 0 Å². The van der Waals surface area contributed by atoms with Crippen molar-refractivity contribution in [1.29, 1.82) is 0 Å². The predicted molar refractivity (Wildman–Crippen MR) is 84.6 cm³/mol. The van der Waals surface area contributed by atoms with Crippen LogP contribution in [0.4, 0.5) is 5.69 Å². The van der Waals surface area contributed by atoms with Crippen molar-refractivity contribution in [3.05, 3.63) is 59.8 Å². The Kier molecular flexibility index (Phi) is 3.44. The molecule has 2 aromatic carbocycles. The van der Waals surface area contributed by atoms with E-state index in [9.17, 15) is 4.79 Å². The highest BCUT2D eigenvalue weighted by Crippen LogP contribution is 2.25. The largest absolute Gasteiger partial charge is 0.320 e. The number of rotatable bonds is 3. The maximum absolute atomic E-state index is 12.5. The molecule has 4 nitrogen and oxygen atoms in total. The Hall–Kier alpha value is -2.62. The van der Waals surface area contributed by atoms with Gasteiger partial charge in [0.15, 0.2) is 5.69 Å². The maximum atomic E-state index is 12.5. The van der Waals surface area contributed by atoms with E-state index in [0.29, 0.717) is 11.6 Å². The molecule has 3 rings (SSSR count). The minimum absolute atomic E-state index is 0.194. The predicted octanol–water partition coefficient (Wildman–Crippen LogP) is 3.94. The van der Waals surface area contributed by atoms with Crippen molar-refractivity contribution in [2.75, 3.05) is 5.32 Å². The molecule has 106 valence electrons. The van der Waals surface area contributed by atoms with Gasteiger partial charge in [-0.05, 0) is 23.6 Å². The molecule has 1 heterocycles. The highest BCUT2D eigenvalue weighted by molar-refractivity contribution is 6.11. The first-order chi connectivity index (χ1) is 10.2. The van der Waals surface area contributed by atoms with E-state index in [4.69, 9.17) is 0 Å². The number of hydrogen-bond donors (Lipinski definition) is 2. The third kappa shape index (κ3) is 2.52. The molecule has 0 saturated carbocycles. The van der Waals surface area contributed by atoms with Crippen LogP contribution in [0.1, 0.15) is 35.8 Å². The fourth-order valence-electron chi connectivity index (χ4n) is 2.43. The SMILES string of the molecule is CC(C)c1ccccc1NC(=O)c1n[nH]c2ccccc12. The van der Waals surface area contributed by atoms with E-state index in [1.54, 1.807) is 0 Å². The molecular weight excluding hydrogens is 262 g/mol. The van der Waals surface area contributed by atoms with Crippen molar-refractivity contribution in [3.63, 3.8) is 0 Å². The molecule has 0 atom stereocenters. The summed E-state index contributed by atoms with van der Waals surface area (Å²) in [6, 6.07) is 15.5. The van der Waals surface area contributed by atoms with E-state index in [1.165, 1.54) is 0 Å². The molecule has 1 aromatic heterocycles. The lowest BCUT2D eigenvalue weighted by Gasteiger charge is -2.12. The number of hydrogen-bond acceptors (Lipinski definition) is 2. The molecule has 1 amide bonds. The Morgan fingerprint density at radius 3 is 2.62 bits per heavy atom. The summed E-state index contributed by atoms with van der Waals surface area (Å²) < 4.78 is 0. The number of nitrogens with one attached hydrogen (secondary N) is 2. The van der Waals surface area contributed by atoms with Gasteiger partial charge in [-0.15, -0.1) is 0 Å². The molecular formula is C17H17N3O. The average molecular weight is 279 g/mol. The van der Waals surface area contributed by atoms with Crippen molar-refractivity contribution in [1.82, 2.24) is 10.2 Å². The molecule has 0 radical (unpaired) electrons. The number of nitrogens with zero attached hydrogens (tertiary/aromatic N) is 1. The number of fused-ring (bicyclic) bond motifs is 1. The van der Waals surface area contributed by atoms with Gasteiger partial charge in [-0.25, -0.2) is 0 Å². The quantitative estimate of drug-likeness (QED) is 0.763. The molecule has 2 N–H and O–H groups in total. The van der Waals surface area contributed by atoms with Crippen LogP contribution < -0.4 is 5.32 Å². The van der Waals surface area contributed by atoms with Crippen LogP contribution in [0.15, 0.2) is 48.5 Å². The number of para-hydroxylation sites is 2. The highest BCUT2D eigenvalue weighted by Gasteiger charge is 2.15. The molecule has 0 spiro atoms. The number of carbonyl (C=O) groups is 1. The summed E-state index contributed by atoms with van der Waals surface area (Å²) in [5, 5.41) is 10.8. The number of aromatic nitrogens is 2. The van der Waals surface area contributed by atoms with E-state index in [2.05, 4.69) is 29.4 Å². The van der Waals surface area contributed by atoms with Gasteiger partial charge in [-0.1, -0.05) is 50.2 Å². The van der Waals surface area contributed by atoms with Crippen molar-refractivity contribution in [3.8, 4) is 0 Å². The van der Waals surface area contributed by atoms with E-state index < -0.39 is 0 Å². The topological polar surface area (TPSA) is 57.8 Å². The van der Waals surface area contributed by atoms with Crippen LogP contribution in [-0.4, -0.2) is 16.1 Å². The van der Waals surface area contributed by atoms with E-state index in [1.807, 2.05) is 48.5 Å². The van der Waals surface area contributed by atoms with Crippen molar-refractivity contribution >= 4 is 22.5 Å². The number of anilines is 1. The van der Waals surface area contributed by atoms with Crippen LogP contribution in [-0.2, 0) is 0 Å². The third-order valence-electron chi connectivity index (χ3n) is 3.52. The van der Waals surface area contributed by atoms with Crippen molar-refractivity contribution in [2.45, 2.75) is 19.8 Å². The third-order valence-corrected chi connectivity index (χ3v) is 3.52. The lowest BCUT2D eigenvalue weighted by Crippen LogP contribution is -2.14. The lowest BCUT2D eigenvalue weighted by atomic mass is 10.0. The average Bonchev–Trinajstić information content (AvgIpc) is 2.91. The lowest BCUT2D eigenvalue weighted by molar-refractivity contribution is 0.102. The fraction of sp³-hybridized carbons (Fsp3) is 0.176. The molecule has 0 saturated heterocycles. The van der Waals surface area contributed by atoms with Gasteiger partial charge < -0.3 is 5.32 Å². The summed E-state index contributed by atoms with van der Waals surface area (Å²) in [6.45, 7) is 4.21. The van der Waals surface area contributed by atoms with E-state index in [0.717, 1.165) is 22.2 Å². The van der Waals surface area contributed by atoms with Gasteiger partial charge in [0, 0.05) is 11.1 Å². The number of benzene rings is 2. The second kappa shape index (κ2) is 5.40. The number of aromatic amines is 1. The summed E-state index contributed by atoms with van der Waals surface area (Å²) in [5.74, 6) is 0.151. The molecule has 21 heavy (non-hydrogen) atoms. The number of H-pyrrole nitrogens is 1. The molecule has 0 aliphatic heterocycles. The second-order valence-electron chi connectivity index (χ2n) is 5.31. The molecule has 0 aliphatic rings. The smallest absolute Gasteiger partial charge is 0.276 e. The summed E-state index contributed by atoms with van der Waals surface area (Å²) >= 11 is 0. The van der Waals surface area contributed by atoms with Gasteiger partial charge in [0.05, 0.1) is 5.52 Å². The zero-order valence-electron chi connectivity index (χ0n) is 12.1. The fourth-order valence-corrected chi connectivity index (χ4v) is 2.43. The summed E-state index contributed by atoms with van der Waals surface area (Å²) in [4.78, 5) is 12.5. The van der Waals surface area contributed by atoms with E-state index in [-0.39, 0.29) is 5.91 Å². The van der Waals surface area contributed by atoms with Crippen molar-refractivity contribution < 1.29 is 4.79 Å². The number of amides is 1. The maximum Gasteiger partial charge on any atom is 0.276 e.